The molecule has 1 aromatic heterocycles. The standard InChI is InChI=1S/C16H24O3/c1-4-6-7-8-9-11-14-12(3)15(17)13(10-5-2)16(18)19-14/h5,17H,2,4,6-11H2,1,3H3. The van der Waals surface area contributed by atoms with Gasteiger partial charge in [0.05, 0.1) is 5.56 Å². The van der Waals surface area contributed by atoms with Crippen LogP contribution in [0.3, 0.4) is 0 Å². The molecule has 1 heterocycles. The number of rotatable bonds is 8. The molecule has 1 aromatic rings. The van der Waals surface area contributed by atoms with Crippen molar-refractivity contribution in [1.82, 2.24) is 0 Å². The minimum absolute atomic E-state index is 0.0692. The van der Waals surface area contributed by atoms with Gasteiger partial charge in [-0.15, -0.1) is 6.58 Å². The Hall–Kier alpha value is -1.51. The summed E-state index contributed by atoms with van der Waals surface area (Å²) in [4.78, 5) is 11.8. The van der Waals surface area contributed by atoms with Gasteiger partial charge in [-0.3, -0.25) is 0 Å². The Kier molecular flexibility index (Phi) is 6.40. The Morgan fingerprint density at radius 2 is 1.95 bits per heavy atom. The number of allylic oxidation sites excluding steroid dienone is 1. The molecule has 1 N–H and O–H groups in total. The van der Waals surface area contributed by atoms with Crippen LogP contribution in [0.25, 0.3) is 0 Å². The maximum atomic E-state index is 11.8. The van der Waals surface area contributed by atoms with Gasteiger partial charge in [-0.05, 0) is 13.3 Å². The number of hydrogen-bond donors (Lipinski definition) is 1. The fourth-order valence-corrected chi connectivity index (χ4v) is 2.16. The maximum Gasteiger partial charge on any atom is 0.343 e. The Morgan fingerprint density at radius 1 is 1.26 bits per heavy atom. The molecule has 0 unspecified atom stereocenters. The molecule has 19 heavy (non-hydrogen) atoms. The van der Waals surface area contributed by atoms with Crippen LogP contribution in [-0.4, -0.2) is 5.11 Å². The number of aryl methyl sites for hydroxylation is 1. The molecule has 0 amide bonds. The van der Waals surface area contributed by atoms with Crippen molar-refractivity contribution in [2.24, 2.45) is 0 Å². The van der Waals surface area contributed by atoms with Crippen LogP contribution >= 0.6 is 0 Å². The quantitative estimate of drug-likeness (QED) is 0.572. The topological polar surface area (TPSA) is 50.4 Å². The second-order valence-electron chi connectivity index (χ2n) is 4.92. The zero-order valence-corrected chi connectivity index (χ0v) is 12.0. The molecule has 0 saturated carbocycles. The molecule has 1 rings (SSSR count). The fraction of sp³-hybridized carbons (Fsp3) is 0.562. The van der Waals surface area contributed by atoms with E-state index in [1.54, 1.807) is 13.0 Å². The van der Waals surface area contributed by atoms with E-state index < -0.39 is 5.63 Å². The number of unbranched alkanes of at least 4 members (excludes halogenated alkanes) is 4. The van der Waals surface area contributed by atoms with E-state index in [4.69, 9.17) is 4.42 Å². The highest BCUT2D eigenvalue weighted by molar-refractivity contribution is 5.39. The van der Waals surface area contributed by atoms with E-state index in [0.717, 1.165) is 12.8 Å². The summed E-state index contributed by atoms with van der Waals surface area (Å²) in [6.07, 6.45) is 8.43. The van der Waals surface area contributed by atoms with E-state index in [2.05, 4.69) is 13.5 Å². The van der Waals surface area contributed by atoms with Crippen molar-refractivity contribution in [3.8, 4) is 5.75 Å². The van der Waals surface area contributed by atoms with E-state index >= 15 is 0 Å². The first kappa shape index (κ1) is 15.5. The lowest BCUT2D eigenvalue weighted by molar-refractivity contribution is 0.403. The summed E-state index contributed by atoms with van der Waals surface area (Å²) in [5.74, 6) is 0.687. The van der Waals surface area contributed by atoms with Gasteiger partial charge >= 0.3 is 5.63 Å². The summed E-state index contributed by atoms with van der Waals surface area (Å²) in [5, 5.41) is 10.0. The smallest absolute Gasteiger partial charge is 0.343 e. The molecule has 106 valence electrons. The molecule has 0 atom stereocenters. The SMILES string of the molecule is C=CCc1c(O)c(C)c(CCCCCCC)oc1=O. The third-order valence-corrected chi connectivity index (χ3v) is 3.38. The summed E-state index contributed by atoms with van der Waals surface area (Å²) in [7, 11) is 0. The molecule has 3 heteroatoms. The lowest BCUT2D eigenvalue weighted by atomic mass is 10.0. The first-order valence-electron chi connectivity index (χ1n) is 7.07. The van der Waals surface area contributed by atoms with Gasteiger partial charge < -0.3 is 9.52 Å². The van der Waals surface area contributed by atoms with Gasteiger partial charge in [0.25, 0.3) is 0 Å². The maximum absolute atomic E-state index is 11.8. The van der Waals surface area contributed by atoms with Gasteiger partial charge in [0, 0.05) is 18.4 Å². The molecule has 0 aliphatic rings. The van der Waals surface area contributed by atoms with E-state index in [1.807, 2.05) is 0 Å². The zero-order valence-electron chi connectivity index (χ0n) is 12.0. The van der Waals surface area contributed by atoms with E-state index in [0.29, 0.717) is 29.7 Å². The van der Waals surface area contributed by atoms with Crippen molar-refractivity contribution in [1.29, 1.82) is 0 Å². The van der Waals surface area contributed by atoms with Crippen LogP contribution in [0.1, 0.15) is 55.9 Å². The molecule has 0 aromatic carbocycles. The van der Waals surface area contributed by atoms with Crippen molar-refractivity contribution in [2.75, 3.05) is 0 Å². The van der Waals surface area contributed by atoms with Gasteiger partial charge in [-0.1, -0.05) is 38.7 Å². The predicted molar refractivity (Wildman–Crippen MR) is 77.7 cm³/mol. The molecule has 0 aliphatic heterocycles. The van der Waals surface area contributed by atoms with E-state index in [1.165, 1.54) is 19.3 Å². The predicted octanol–water partition coefficient (Wildman–Crippen LogP) is 3.90. The molecule has 0 aliphatic carbocycles. The van der Waals surface area contributed by atoms with Gasteiger partial charge in [0.15, 0.2) is 0 Å². The molecule has 0 spiro atoms. The highest BCUT2D eigenvalue weighted by Gasteiger charge is 2.14. The van der Waals surface area contributed by atoms with Crippen LogP contribution in [0.5, 0.6) is 5.75 Å². The van der Waals surface area contributed by atoms with Gasteiger partial charge in [0.2, 0.25) is 0 Å². The molecule has 0 saturated heterocycles. The van der Waals surface area contributed by atoms with Crippen molar-refractivity contribution in [2.45, 2.75) is 58.8 Å². The summed E-state index contributed by atoms with van der Waals surface area (Å²) < 4.78 is 5.32. The first-order chi connectivity index (χ1) is 9.11. The average Bonchev–Trinajstić information content (AvgIpc) is 2.40. The Morgan fingerprint density at radius 3 is 2.58 bits per heavy atom. The molecule has 0 fully saturated rings. The highest BCUT2D eigenvalue weighted by atomic mass is 16.4. The van der Waals surface area contributed by atoms with Crippen LogP contribution in [0.4, 0.5) is 0 Å². The van der Waals surface area contributed by atoms with Gasteiger partial charge in [-0.2, -0.15) is 0 Å². The van der Waals surface area contributed by atoms with Crippen LogP contribution in [0, 0.1) is 6.92 Å². The monoisotopic (exact) mass is 264 g/mol. The Balaban J connectivity index is 2.75. The van der Waals surface area contributed by atoms with Crippen molar-refractivity contribution in [3.05, 3.63) is 40.0 Å². The van der Waals surface area contributed by atoms with Crippen molar-refractivity contribution < 1.29 is 9.52 Å². The summed E-state index contributed by atoms with van der Waals surface area (Å²) in [5.41, 5.74) is 0.556. The summed E-state index contributed by atoms with van der Waals surface area (Å²) in [6, 6.07) is 0. The highest BCUT2D eigenvalue weighted by Crippen LogP contribution is 2.24. The van der Waals surface area contributed by atoms with E-state index in [9.17, 15) is 9.90 Å². The van der Waals surface area contributed by atoms with Crippen LogP contribution < -0.4 is 5.63 Å². The minimum atomic E-state index is -0.438. The second kappa shape index (κ2) is 7.82. The minimum Gasteiger partial charge on any atom is -0.507 e. The average molecular weight is 264 g/mol. The summed E-state index contributed by atoms with van der Waals surface area (Å²) in [6.45, 7) is 7.55. The fourth-order valence-electron chi connectivity index (χ4n) is 2.16. The van der Waals surface area contributed by atoms with Crippen molar-refractivity contribution >= 4 is 0 Å². The third-order valence-electron chi connectivity index (χ3n) is 3.38. The third kappa shape index (κ3) is 4.27. The number of aromatic hydroxyl groups is 1. The first-order valence-corrected chi connectivity index (χ1v) is 7.07. The second-order valence-corrected chi connectivity index (χ2v) is 4.92. The van der Waals surface area contributed by atoms with Crippen LogP contribution in [0.2, 0.25) is 0 Å². The molecular weight excluding hydrogens is 240 g/mol. The summed E-state index contributed by atoms with van der Waals surface area (Å²) >= 11 is 0. The number of hydrogen-bond acceptors (Lipinski definition) is 3. The zero-order chi connectivity index (χ0) is 14.3. The lowest BCUT2D eigenvalue weighted by Gasteiger charge is -2.09. The lowest BCUT2D eigenvalue weighted by Crippen LogP contribution is -2.10. The van der Waals surface area contributed by atoms with Crippen LogP contribution in [-0.2, 0) is 12.8 Å². The van der Waals surface area contributed by atoms with E-state index in [-0.39, 0.29) is 5.75 Å². The molecular formula is C16H24O3. The molecule has 0 bridgehead atoms. The van der Waals surface area contributed by atoms with Crippen molar-refractivity contribution in [3.63, 3.8) is 0 Å². The van der Waals surface area contributed by atoms with Crippen LogP contribution in [0.15, 0.2) is 21.9 Å². The Bertz CT molecular complexity index is 472. The largest absolute Gasteiger partial charge is 0.507 e. The molecule has 0 radical (unpaired) electrons. The van der Waals surface area contributed by atoms with Gasteiger partial charge in [0.1, 0.15) is 11.5 Å². The van der Waals surface area contributed by atoms with Gasteiger partial charge in [-0.25, -0.2) is 4.79 Å². The molecule has 3 nitrogen and oxygen atoms in total. The Labute approximate surface area is 115 Å². The normalized spacial score (nSPS) is 10.6.